The molecule has 0 atom stereocenters. The Balaban J connectivity index is 0.000000174. The molecule has 0 aliphatic rings. The minimum absolute atomic E-state index is 0.0628. The van der Waals surface area contributed by atoms with Crippen LogP contribution in [-0.4, -0.2) is 57.3 Å². The molecule has 3 N–H and O–H groups in total. The van der Waals surface area contributed by atoms with Crippen molar-refractivity contribution in [1.29, 1.82) is 0 Å². The van der Waals surface area contributed by atoms with Crippen molar-refractivity contribution in [3.05, 3.63) is 141 Å². The molecule has 54 heavy (non-hydrogen) atoms. The van der Waals surface area contributed by atoms with E-state index in [0.29, 0.717) is 49.2 Å². The summed E-state index contributed by atoms with van der Waals surface area (Å²) in [6.45, 7) is -0.386. The average molecular weight is 816 g/mol. The van der Waals surface area contributed by atoms with Crippen LogP contribution >= 0.6 is 57.5 Å². The second-order valence-electron chi connectivity index (χ2n) is 11.4. The Morgan fingerprint density at radius 2 is 1.26 bits per heavy atom. The number of alkyl halides is 3. The monoisotopic (exact) mass is 814 g/mol. The number of aromatic nitrogens is 6. The molecular formula is C37H25Cl3N8O4S2. The lowest BCUT2D eigenvalue weighted by atomic mass is 10.1. The molecule has 0 saturated carbocycles. The van der Waals surface area contributed by atoms with Gasteiger partial charge >= 0.3 is 6.09 Å². The van der Waals surface area contributed by atoms with Crippen LogP contribution in [0.25, 0.3) is 33.8 Å². The first kappa shape index (κ1) is 36.7. The number of fused-ring (bicyclic) bond motifs is 2. The SMILES string of the molecule is Nc1cccc(-c2ccnc3c(C(=O)c4cccs4)cnn23)c1.O=C(Nc1cccc(-c2ccnc3c(C(=O)c4cccs4)cnn23)c1)OCC(Cl)(Cl)Cl. The van der Waals surface area contributed by atoms with Crippen molar-refractivity contribution in [2.75, 3.05) is 17.7 Å². The van der Waals surface area contributed by atoms with E-state index in [2.05, 4.69) is 25.5 Å². The topological polar surface area (TPSA) is 159 Å². The summed E-state index contributed by atoms with van der Waals surface area (Å²) in [5, 5.41) is 15.0. The average Bonchev–Trinajstić information content (AvgIpc) is 4.01. The number of rotatable bonds is 8. The van der Waals surface area contributed by atoms with Gasteiger partial charge in [0.2, 0.25) is 15.4 Å². The van der Waals surface area contributed by atoms with E-state index in [0.717, 1.165) is 16.8 Å². The molecule has 0 aliphatic heterocycles. The van der Waals surface area contributed by atoms with Gasteiger partial charge in [0.1, 0.15) is 6.61 Å². The zero-order valence-corrected chi connectivity index (χ0v) is 31.5. The van der Waals surface area contributed by atoms with Crippen LogP contribution in [0.3, 0.4) is 0 Å². The van der Waals surface area contributed by atoms with Crippen molar-refractivity contribution >= 4 is 97.8 Å². The third-order valence-corrected chi connectivity index (χ3v) is 9.80. The molecule has 0 spiro atoms. The smallest absolute Gasteiger partial charge is 0.411 e. The van der Waals surface area contributed by atoms with E-state index in [1.165, 1.54) is 28.9 Å². The Kier molecular flexibility index (Phi) is 10.7. The summed E-state index contributed by atoms with van der Waals surface area (Å²) >= 11 is 19.5. The number of hydrogen-bond donors (Lipinski definition) is 2. The van der Waals surface area contributed by atoms with E-state index in [4.69, 9.17) is 45.3 Å². The van der Waals surface area contributed by atoms with Crippen LogP contribution < -0.4 is 11.1 Å². The number of anilines is 2. The van der Waals surface area contributed by atoms with Gasteiger partial charge in [0.25, 0.3) is 0 Å². The molecule has 0 saturated heterocycles. The molecule has 6 aromatic heterocycles. The number of ketones is 2. The lowest BCUT2D eigenvalue weighted by Crippen LogP contribution is -2.21. The van der Waals surface area contributed by atoms with E-state index in [1.807, 2.05) is 59.3 Å². The Hall–Kier alpha value is -5.64. The summed E-state index contributed by atoms with van der Waals surface area (Å²) in [4.78, 5) is 47.2. The predicted molar refractivity (Wildman–Crippen MR) is 212 cm³/mol. The first-order valence-corrected chi connectivity index (χ1v) is 18.7. The van der Waals surface area contributed by atoms with Crippen LogP contribution in [0.15, 0.2) is 120 Å². The quantitative estimate of drug-likeness (QED) is 0.0868. The minimum atomic E-state index is -1.69. The molecule has 0 aliphatic carbocycles. The molecule has 1 amide bonds. The molecule has 6 heterocycles. The number of benzene rings is 2. The predicted octanol–water partition coefficient (Wildman–Crippen LogP) is 8.88. The van der Waals surface area contributed by atoms with Crippen molar-refractivity contribution in [1.82, 2.24) is 29.2 Å². The first-order chi connectivity index (χ1) is 26.1. The molecule has 8 aromatic rings. The number of hydrogen-bond acceptors (Lipinski definition) is 11. The molecule has 0 unspecified atom stereocenters. The molecule has 0 bridgehead atoms. The van der Waals surface area contributed by atoms with Crippen LogP contribution in [0, 0.1) is 0 Å². The maximum atomic E-state index is 12.8. The largest absolute Gasteiger partial charge is 0.445 e. The third kappa shape index (κ3) is 8.12. The zero-order valence-electron chi connectivity index (χ0n) is 27.6. The van der Waals surface area contributed by atoms with Crippen LogP contribution in [0.2, 0.25) is 0 Å². The van der Waals surface area contributed by atoms with Gasteiger partial charge in [0, 0.05) is 34.9 Å². The maximum Gasteiger partial charge on any atom is 0.411 e. The van der Waals surface area contributed by atoms with Crippen molar-refractivity contribution < 1.29 is 19.1 Å². The number of nitrogens with one attached hydrogen (secondary N) is 1. The number of carbonyl (C=O) groups excluding carboxylic acids is 3. The lowest BCUT2D eigenvalue weighted by molar-refractivity contribution is 0.103. The van der Waals surface area contributed by atoms with E-state index in [1.54, 1.807) is 64.0 Å². The van der Waals surface area contributed by atoms with Crippen LogP contribution in [0.4, 0.5) is 16.2 Å². The van der Waals surface area contributed by atoms with Gasteiger partial charge < -0.3 is 10.5 Å². The van der Waals surface area contributed by atoms with E-state index in [9.17, 15) is 14.4 Å². The van der Waals surface area contributed by atoms with Gasteiger partial charge in [-0.3, -0.25) is 14.9 Å². The number of carbonyl (C=O) groups is 3. The first-order valence-electron chi connectivity index (χ1n) is 15.8. The lowest BCUT2D eigenvalue weighted by Gasteiger charge is -2.12. The molecule has 0 radical (unpaired) electrons. The number of nitrogens with two attached hydrogens (primary N) is 1. The summed E-state index contributed by atoms with van der Waals surface area (Å²) in [5.41, 5.74) is 12.1. The summed E-state index contributed by atoms with van der Waals surface area (Å²) in [6, 6.07) is 25.4. The van der Waals surface area contributed by atoms with Gasteiger partial charge in [-0.25, -0.2) is 23.8 Å². The second kappa shape index (κ2) is 15.8. The van der Waals surface area contributed by atoms with Crippen molar-refractivity contribution in [2.45, 2.75) is 3.79 Å². The van der Waals surface area contributed by atoms with Crippen LogP contribution in [-0.2, 0) is 4.74 Å². The highest BCUT2D eigenvalue weighted by Crippen LogP contribution is 2.28. The number of halogens is 3. The molecular weight excluding hydrogens is 791 g/mol. The zero-order chi connectivity index (χ0) is 37.8. The Morgan fingerprint density at radius 1 is 0.722 bits per heavy atom. The normalized spacial score (nSPS) is 11.2. The second-order valence-corrected chi connectivity index (χ2v) is 15.8. The summed E-state index contributed by atoms with van der Waals surface area (Å²) in [5.74, 6) is -0.200. The highest BCUT2D eigenvalue weighted by atomic mass is 35.6. The Bertz CT molecular complexity index is 2620. The van der Waals surface area contributed by atoms with Gasteiger partial charge in [-0.1, -0.05) is 71.2 Å². The molecule has 8 rings (SSSR count). The van der Waals surface area contributed by atoms with Crippen LogP contribution in [0.5, 0.6) is 0 Å². The number of thiophene rings is 2. The van der Waals surface area contributed by atoms with Gasteiger partial charge in [-0.15, -0.1) is 22.7 Å². The molecule has 270 valence electrons. The molecule has 12 nitrogen and oxygen atoms in total. The molecule has 0 fully saturated rings. The summed E-state index contributed by atoms with van der Waals surface area (Å²) < 4.78 is 6.45. The van der Waals surface area contributed by atoms with E-state index < -0.39 is 9.89 Å². The maximum absolute atomic E-state index is 12.8. The van der Waals surface area contributed by atoms with Crippen LogP contribution in [0.1, 0.15) is 30.5 Å². The minimum Gasteiger partial charge on any atom is -0.445 e. The number of nitrogens with zero attached hydrogens (tertiary/aromatic N) is 6. The van der Waals surface area contributed by atoms with Gasteiger partial charge in [0.15, 0.2) is 11.3 Å². The van der Waals surface area contributed by atoms with Crippen molar-refractivity contribution in [2.24, 2.45) is 0 Å². The van der Waals surface area contributed by atoms with Gasteiger partial charge in [0.05, 0.1) is 44.7 Å². The Morgan fingerprint density at radius 3 is 1.76 bits per heavy atom. The fourth-order valence-corrected chi connectivity index (χ4v) is 6.90. The standard InChI is InChI=1S/C20H13Cl3N4O3S.C17H12N4OS/c21-20(22,23)11-30-19(29)26-13-4-1-3-12(9-13)15-6-7-24-18-14(10-25-27(15)18)17(28)16-5-2-8-31-16;18-12-4-1-3-11(9-12)14-6-7-19-17-13(10-20-21(14)17)16(22)15-5-2-8-23-15/h1-10H,11H2,(H,26,29);1-10H,18H2. The third-order valence-electron chi connectivity index (χ3n) is 7.74. The number of nitrogen functional groups attached to an aromatic ring is 1. The fraction of sp³-hybridized carbons (Fsp3) is 0.0541. The highest BCUT2D eigenvalue weighted by molar-refractivity contribution is 7.12. The van der Waals surface area contributed by atoms with Gasteiger partial charge in [-0.05, 0) is 59.3 Å². The Labute approximate surface area is 329 Å². The number of ether oxygens (including phenoxy) is 1. The van der Waals surface area contributed by atoms with Crippen molar-refractivity contribution in [3.8, 4) is 22.5 Å². The van der Waals surface area contributed by atoms with E-state index in [-0.39, 0.29) is 18.2 Å². The summed E-state index contributed by atoms with van der Waals surface area (Å²) in [7, 11) is 0. The van der Waals surface area contributed by atoms with E-state index >= 15 is 0 Å². The van der Waals surface area contributed by atoms with Crippen molar-refractivity contribution in [3.63, 3.8) is 0 Å². The number of amides is 1. The summed E-state index contributed by atoms with van der Waals surface area (Å²) in [6.07, 6.45) is 5.60. The molecule has 17 heteroatoms. The highest BCUT2D eigenvalue weighted by Gasteiger charge is 2.23. The fourth-order valence-electron chi connectivity index (χ4n) is 5.38. The van der Waals surface area contributed by atoms with Gasteiger partial charge in [-0.2, -0.15) is 10.2 Å². The molecule has 2 aromatic carbocycles.